The first-order chi connectivity index (χ1) is 21.2. The Labute approximate surface area is 284 Å². The zero-order valence-electron chi connectivity index (χ0n) is 26.2. The number of fused-ring (bicyclic) bond motifs is 2. The molecule has 1 saturated carbocycles. The van der Waals surface area contributed by atoms with Crippen LogP contribution in [0.1, 0.15) is 54.5 Å². The van der Waals surface area contributed by atoms with Crippen LogP contribution >= 0.6 is 0 Å². The summed E-state index contributed by atoms with van der Waals surface area (Å²) in [5, 5.41) is 8.23. The van der Waals surface area contributed by atoms with Crippen molar-refractivity contribution in [2.45, 2.75) is 65.1 Å². The van der Waals surface area contributed by atoms with Gasteiger partial charge in [-0.05, 0) is 63.4 Å². The molecule has 3 aromatic heterocycles. The summed E-state index contributed by atoms with van der Waals surface area (Å²) in [4.78, 5) is 57.6. The van der Waals surface area contributed by atoms with Gasteiger partial charge in [0.25, 0.3) is 0 Å². The molecule has 0 radical (unpaired) electrons. The Morgan fingerprint density at radius 2 is 1.80 bits per heavy atom. The molecule has 1 aliphatic carbocycles. The number of anilines is 1. The van der Waals surface area contributed by atoms with Crippen LogP contribution in [0.3, 0.4) is 0 Å². The van der Waals surface area contributed by atoms with E-state index in [9.17, 15) is 14.4 Å². The average Bonchev–Trinajstić information content (AvgIpc) is 3.33. The molecule has 7 rings (SSSR count). The fourth-order valence-corrected chi connectivity index (χ4v) is 7.08. The van der Waals surface area contributed by atoms with Crippen LogP contribution in [0.25, 0.3) is 22.0 Å². The first-order valence-corrected chi connectivity index (χ1v) is 15.2. The Morgan fingerprint density at radius 1 is 1.04 bits per heavy atom. The Kier molecular flexibility index (Phi) is 8.64. The Morgan fingerprint density at radius 3 is 2.51 bits per heavy atom. The second-order valence-corrected chi connectivity index (χ2v) is 12.5. The standard InChI is InChI=1S/C33H35N8O3.Na/c1-20-7-6-10-34-31(20)37-32(44)27-14-33(19-39-11-4-5-12-39)15-28(33)41(27)29(43)18-40-26-9-8-23(24-16-35-22(3)36-17-24)13-25(26)30(38-40)21(2)42;/h6-9,13,16-17,27-28H,4-5,11-12,14-15,18-19H2,1-3H3,(H,34,37,44);/q-1;+1/t27-,28?,33?;/m0./s1. The van der Waals surface area contributed by atoms with Crippen molar-refractivity contribution in [3.8, 4) is 11.1 Å². The molecule has 11 nitrogen and oxygen atoms in total. The minimum Gasteiger partial charge on any atom is -0.371 e. The molecule has 3 aliphatic rings. The van der Waals surface area contributed by atoms with Gasteiger partial charge in [0, 0.05) is 54.1 Å². The normalized spacial score (nSPS) is 22.2. The van der Waals surface area contributed by atoms with E-state index in [0.717, 1.165) is 42.7 Å². The van der Waals surface area contributed by atoms with E-state index >= 15 is 0 Å². The largest absolute Gasteiger partial charge is 1.00 e. The fraction of sp³-hybridized carbons (Fsp3) is 0.424. The van der Waals surface area contributed by atoms with E-state index in [-0.39, 0.29) is 65.2 Å². The quantitative estimate of drug-likeness (QED) is 0.174. The van der Waals surface area contributed by atoms with Crippen LogP contribution in [0.5, 0.6) is 0 Å². The maximum Gasteiger partial charge on any atom is 1.00 e. The van der Waals surface area contributed by atoms with Gasteiger partial charge in [0.2, 0.25) is 11.8 Å². The van der Waals surface area contributed by atoms with E-state index in [2.05, 4.69) is 36.5 Å². The molecule has 2 amide bonds. The van der Waals surface area contributed by atoms with Crippen molar-refractivity contribution in [1.82, 2.24) is 34.5 Å². The number of carbonyl (C=O) groups excluding carboxylic acids is 3. The number of hydrogen-bond donors (Lipinski definition) is 1. The first kappa shape index (κ1) is 31.5. The molecule has 5 heterocycles. The molecule has 1 N–H and O–H groups in total. The number of piperidine rings is 1. The van der Waals surface area contributed by atoms with E-state index in [4.69, 9.17) is 0 Å². The number of carbonyl (C=O) groups is 3. The fourth-order valence-electron chi connectivity index (χ4n) is 7.08. The van der Waals surface area contributed by atoms with Crippen LogP contribution in [0, 0.1) is 25.5 Å². The third-order valence-corrected chi connectivity index (χ3v) is 9.43. The van der Waals surface area contributed by atoms with Gasteiger partial charge in [0.15, 0.2) is 5.78 Å². The average molecular weight is 615 g/mol. The minimum absolute atomic E-state index is 0. The summed E-state index contributed by atoms with van der Waals surface area (Å²) in [5.74, 6) is 0.523. The molecular weight excluding hydrogens is 579 g/mol. The minimum atomic E-state index is -0.618. The molecule has 0 bridgehead atoms. The number of ketones is 1. The van der Waals surface area contributed by atoms with E-state index in [0.29, 0.717) is 34.7 Å². The molecule has 3 fully saturated rings. The summed E-state index contributed by atoms with van der Waals surface area (Å²) in [6.45, 7) is 8.13. The molecule has 226 valence electrons. The predicted molar refractivity (Wildman–Crippen MR) is 164 cm³/mol. The summed E-state index contributed by atoms with van der Waals surface area (Å²) >= 11 is 0. The number of rotatable bonds is 8. The molecule has 1 aromatic carbocycles. The van der Waals surface area contributed by atoms with Crippen molar-refractivity contribution >= 4 is 34.3 Å². The number of hydrogen-bond acceptors (Lipinski definition) is 8. The Balaban J connectivity index is 0.00000357. The number of likely N-dealkylation sites (tertiary alicyclic amines) is 2. The van der Waals surface area contributed by atoms with Gasteiger partial charge in [-0.15, -0.1) is 5.56 Å². The molecule has 4 aromatic rings. The smallest absolute Gasteiger partial charge is 0.371 e. The molecule has 0 spiro atoms. The van der Waals surface area contributed by atoms with Gasteiger partial charge < -0.3 is 20.1 Å². The number of pyridine rings is 1. The van der Waals surface area contributed by atoms with Crippen LogP contribution in [0.15, 0.2) is 42.7 Å². The molecular formula is C33H35N8NaO3. The summed E-state index contributed by atoms with van der Waals surface area (Å²) < 4.78 is 1.60. The summed E-state index contributed by atoms with van der Waals surface area (Å²) in [6, 6.07) is 8.62. The monoisotopic (exact) mass is 614 g/mol. The zero-order valence-corrected chi connectivity index (χ0v) is 28.2. The number of aromatic nitrogens is 5. The van der Waals surface area contributed by atoms with Gasteiger partial charge in [-0.25, -0.2) is 9.97 Å². The van der Waals surface area contributed by atoms with Crippen molar-refractivity contribution in [2.75, 3.05) is 25.0 Å². The number of aryl methyl sites for hydroxylation is 2. The SMILES string of the molecule is CC(=O)c1nn(CC(=O)N2C3CC3(CN3CCCC3)C[C@H]2C(=O)Nc2n[c-]ccc2C)c2ccc(-c3cnc(C)nc3)cc12.[Na+]. The maximum absolute atomic E-state index is 14.2. The Bertz CT molecular complexity index is 1780. The number of nitrogens with one attached hydrogen (secondary N) is 1. The van der Waals surface area contributed by atoms with Gasteiger partial charge in [-0.1, -0.05) is 19.2 Å². The van der Waals surface area contributed by atoms with E-state index in [1.54, 1.807) is 28.0 Å². The third kappa shape index (κ3) is 5.94. The summed E-state index contributed by atoms with van der Waals surface area (Å²) in [5.41, 5.74) is 3.41. The predicted octanol–water partition coefficient (Wildman–Crippen LogP) is 0.606. The number of benzene rings is 1. The van der Waals surface area contributed by atoms with Gasteiger partial charge in [-0.3, -0.25) is 19.1 Å². The van der Waals surface area contributed by atoms with Crippen molar-refractivity contribution in [2.24, 2.45) is 5.41 Å². The van der Waals surface area contributed by atoms with Gasteiger partial charge in [-0.2, -0.15) is 17.2 Å². The molecule has 2 unspecified atom stereocenters. The van der Waals surface area contributed by atoms with Gasteiger partial charge in [0.1, 0.15) is 24.1 Å². The van der Waals surface area contributed by atoms with E-state index in [1.807, 2.05) is 38.1 Å². The second kappa shape index (κ2) is 12.4. The molecule has 3 atom stereocenters. The number of amides is 2. The van der Waals surface area contributed by atoms with Crippen LogP contribution in [-0.2, 0) is 16.1 Å². The van der Waals surface area contributed by atoms with Gasteiger partial charge >= 0.3 is 29.6 Å². The molecule has 2 saturated heterocycles. The van der Waals surface area contributed by atoms with Crippen LogP contribution < -0.4 is 34.9 Å². The van der Waals surface area contributed by atoms with Crippen molar-refractivity contribution in [1.29, 1.82) is 0 Å². The zero-order chi connectivity index (χ0) is 30.6. The van der Waals surface area contributed by atoms with E-state index < -0.39 is 6.04 Å². The Hall–Kier alpha value is -3.51. The van der Waals surface area contributed by atoms with Gasteiger partial charge in [0.05, 0.1) is 5.52 Å². The summed E-state index contributed by atoms with van der Waals surface area (Å²) in [6.07, 6.45) is 10.2. The van der Waals surface area contributed by atoms with Crippen molar-refractivity contribution in [3.63, 3.8) is 0 Å². The topological polar surface area (TPSA) is 126 Å². The van der Waals surface area contributed by atoms with E-state index in [1.165, 1.54) is 19.8 Å². The third-order valence-electron chi connectivity index (χ3n) is 9.43. The van der Waals surface area contributed by atoms with Crippen molar-refractivity contribution < 1.29 is 43.9 Å². The molecule has 45 heavy (non-hydrogen) atoms. The first-order valence-electron chi connectivity index (χ1n) is 15.2. The number of Topliss-reactive ketones (excluding diaryl/α,β-unsaturated/α-hetero) is 1. The summed E-state index contributed by atoms with van der Waals surface area (Å²) in [7, 11) is 0. The van der Waals surface area contributed by atoms with Crippen molar-refractivity contribution in [3.05, 3.63) is 66.0 Å². The van der Waals surface area contributed by atoms with Crippen LogP contribution in [0.4, 0.5) is 5.82 Å². The van der Waals surface area contributed by atoms with Crippen LogP contribution in [-0.4, -0.2) is 83.8 Å². The maximum atomic E-state index is 14.2. The molecule has 12 heteroatoms. The van der Waals surface area contributed by atoms with Crippen LogP contribution in [0.2, 0.25) is 0 Å². The molecule has 2 aliphatic heterocycles. The second-order valence-electron chi connectivity index (χ2n) is 12.5. The number of nitrogens with zero attached hydrogens (tertiary/aromatic N) is 7.